The number of hydrogen-bond donors (Lipinski definition) is 2. The molecule has 0 saturated heterocycles. The van der Waals surface area contributed by atoms with Gasteiger partial charge in [-0.15, -0.1) is 0 Å². The Bertz CT molecular complexity index is 1170. The summed E-state index contributed by atoms with van der Waals surface area (Å²) in [5.74, 6) is -0.821. The lowest BCUT2D eigenvalue weighted by molar-refractivity contribution is 0.0309. The fourth-order valence-corrected chi connectivity index (χ4v) is 4.70. The molecule has 1 aromatic heterocycles. The van der Waals surface area contributed by atoms with E-state index in [2.05, 4.69) is 10.6 Å². The second-order valence-electron chi connectivity index (χ2n) is 8.82. The van der Waals surface area contributed by atoms with Gasteiger partial charge < -0.3 is 19.9 Å². The van der Waals surface area contributed by atoms with E-state index in [1.54, 1.807) is 18.2 Å². The highest BCUT2D eigenvalue weighted by atomic mass is 19.1. The molecule has 6 nitrogen and oxygen atoms in total. The minimum absolute atomic E-state index is 0.140. The van der Waals surface area contributed by atoms with Gasteiger partial charge in [-0.2, -0.15) is 0 Å². The highest BCUT2D eigenvalue weighted by Crippen LogP contribution is 2.30. The van der Waals surface area contributed by atoms with Gasteiger partial charge in [0.15, 0.2) is 0 Å². The molecule has 0 aliphatic carbocycles. The highest BCUT2D eigenvalue weighted by Gasteiger charge is 2.31. The second-order valence-corrected chi connectivity index (χ2v) is 8.82. The fourth-order valence-electron chi connectivity index (χ4n) is 4.70. The van der Waals surface area contributed by atoms with Gasteiger partial charge >= 0.3 is 0 Å². The van der Waals surface area contributed by atoms with E-state index in [-0.39, 0.29) is 35.8 Å². The Morgan fingerprint density at radius 2 is 1.57 bits per heavy atom. The number of rotatable bonds is 8. The van der Waals surface area contributed by atoms with E-state index in [0.29, 0.717) is 36.5 Å². The number of halogens is 1. The molecule has 184 valence electrons. The summed E-state index contributed by atoms with van der Waals surface area (Å²) in [6, 6.07) is 17.2. The maximum Gasteiger partial charge on any atom is 0.268 e. The quantitative estimate of drug-likeness (QED) is 0.451. The molecule has 2 heterocycles. The Kier molecular flexibility index (Phi) is 7.66. The molecule has 2 unspecified atom stereocenters. The number of aromatic nitrogens is 1. The van der Waals surface area contributed by atoms with Gasteiger partial charge in [0, 0.05) is 6.54 Å². The minimum atomic E-state index is -0.318. The van der Waals surface area contributed by atoms with E-state index >= 15 is 0 Å². The topological polar surface area (TPSA) is 72.4 Å². The van der Waals surface area contributed by atoms with Crippen molar-refractivity contribution in [2.75, 3.05) is 6.61 Å². The van der Waals surface area contributed by atoms with Gasteiger partial charge in [0.2, 0.25) is 0 Å². The molecule has 3 atom stereocenters. The summed E-state index contributed by atoms with van der Waals surface area (Å²) in [6.07, 6.45) is 1.07. The molecule has 2 aromatic carbocycles. The zero-order valence-electron chi connectivity index (χ0n) is 20.4. The predicted octanol–water partition coefficient (Wildman–Crippen LogP) is 5.48. The van der Waals surface area contributed by atoms with Crippen molar-refractivity contribution in [3.05, 3.63) is 94.6 Å². The molecule has 7 heteroatoms. The van der Waals surface area contributed by atoms with Crippen LogP contribution in [0.15, 0.2) is 60.7 Å². The van der Waals surface area contributed by atoms with Crippen molar-refractivity contribution in [3.8, 4) is 0 Å². The highest BCUT2D eigenvalue weighted by molar-refractivity contribution is 6.01. The average molecular weight is 478 g/mol. The summed E-state index contributed by atoms with van der Waals surface area (Å²) in [5, 5.41) is 6.19. The van der Waals surface area contributed by atoms with E-state index in [0.717, 1.165) is 17.5 Å². The number of hydrogen-bond acceptors (Lipinski definition) is 3. The molecule has 1 aliphatic heterocycles. The zero-order chi connectivity index (χ0) is 24.9. The van der Waals surface area contributed by atoms with E-state index in [1.165, 1.54) is 12.1 Å². The average Bonchev–Trinajstić information content (AvgIpc) is 3.28. The van der Waals surface area contributed by atoms with E-state index < -0.39 is 0 Å². The lowest BCUT2D eigenvalue weighted by Crippen LogP contribution is -2.32. The molecule has 2 amide bonds. The monoisotopic (exact) mass is 477 g/mol. The van der Waals surface area contributed by atoms with E-state index in [4.69, 9.17) is 4.74 Å². The lowest BCUT2D eigenvalue weighted by Gasteiger charge is -2.26. The van der Waals surface area contributed by atoms with Crippen LogP contribution in [0.2, 0.25) is 0 Å². The minimum Gasteiger partial charge on any atom is -0.370 e. The van der Waals surface area contributed by atoms with Gasteiger partial charge in [0.25, 0.3) is 11.8 Å². The van der Waals surface area contributed by atoms with Crippen molar-refractivity contribution in [2.45, 2.75) is 58.3 Å². The summed E-state index contributed by atoms with van der Waals surface area (Å²) < 4.78 is 21.1. The van der Waals surface area contributed by atoms with Gasteiger partial charge in [-0.05, 0) is 49.1 Å². The van der Waals surface area contributed by atoms with Crippen molar-refractivity contribution in [3.63, 3.8) is 0 Å². The first-order chi connectivity index (χ1) is 16.9. The van der Waals surface area contributed by atoms with Crippen LogP contribution in [-0.2, 0) is 11.3 Å². The molecule has 3 aromatic rings. The van der Waals surface area contributed by atoms with Gasteiger partial charge in [-0.3, -0.25) is 9.59 Å². The molecule has 0 saturated carbocycles. The van der Waals surface area contributed by atoms with Gasteiger partial charge in [0.05, 0.1) is 36.1 Å². The first-order valence-corrected chi connectivity index (χ1v) is 12.2. The maximum absolute atomic E-state index is 13.4. The largest absolute Gasteiger partial charge is 0.370 e. The lowest BCUT2D eigenvalue weighted by atomic mass is 10.0. The number of carbonyl (C=O) groups is 2. The molecule has 2 N–H and O–H groups in total. The molecular weight excluding hydrogens is 445 g/mol. The Balaban J connectivity index is 1.62. The summed E-state index contributed by atoms with van der Waals surface area (Å²) in [6.45, 7) is 6.83. The number of amides is 2. The normalized spacial score (nSPS) is 16.7. The molecular formula is C28H32FN3O3. The number of nitrogens with zero attached hydrogens (tertiary/aromatic N) is 1. The third kappa shape index (κ3) is 5.30. The summed E-state index contributed by atoms with van der Waals surface area (Å²) >= 11 is 0. The van der Waals surface area contributed by atoms with Crippen molar-refractivity contribution in [1.29, 1.82) is 0 Å². The van der Waals surface area contributed by atoms with Gasteiger partial charge in [-0.1, -0.05) is 56.3 Å². The number of fused-ring (bicyclic) bond motifs is 1. The van der Waals surface area contributed by atoms with Crippen LogP contribution in [0, 0.1) is 5.82 Å². The van der Waals surface area contributed by atoms with E-state index in [9.17, 15) is 14.0 Å². The van der Waals surface area contributed by atoms with Crippen molar-refractivity contribution in [2.24, 2.45) is 0 Å². The van der Waals surface area contributed by atoms with Crippen LogP contribution in [-0.4, -0.2) is 23.0 Å². The van der Waals surface area contributed by atoms with Crippen LogP contribution in [0.3, 0.4) is 0 Å². The Morgan fingerprint density at radius 3 is 2.20 bits per heavy atom. The molecule has 1 aliphatic rings. The van der Waals surface area contributed by atoms with Crippen LogP contribution in [0.1, 0.15) is 89.5 Å². The van der Waals surface area contributed by atoms with E-state index in [1.807, 2.05) is 55.7 Å². The second kappa shape index (κ2) is 10.9. The van der Waals surface area contributed by atoms with Crippen molar-refractivity contribution >= 4 is 11.8 Å². The van der Waals surface area contributed by atoms with Crippen LogP contribution >= 0.6 is 0 Å². The molecule has 35 heavy (non-hydrogen) atoms. The van der Waals surface area contributed by atoms with Crippen LogP contribution in [0.4, 0.5) is 4.39 Å². The molecule has 0 bridgehead atoms. The van der Waals surface area contributed by atoms with Crippen molar-refractivity contribution in [1.82, 2.24) is 15.2 Å². The number of ether oxygens (including phenoxy) is 1. The third-order valence-corrected chi connectivity index (χ3v) is 6.59. The first-order valence-electron chi connectivity index (χ1n) is 12.2. The Labute approximate surface area is 205 Å². The van der Waals surface area contributed by atoms with Gasteiger partial charge in [-0.25, -0.2) is 4.39 Å². The van der Waals surface area contributed by atoms with Crippen LogP contribution in [0.25, 0.3) is 0 Å². The smallest absolute Gasteiger partial charge is 0.268 e. The summed E-state index contributed by atoms with van der Waals surface area (Å²) in [7, 11) is 0. The first kappa shape index (κ1) is 24.7. The number of benzene rings is 2. The molecule has 0 radical (unpaired) electrons. The fraction of sp³-hybridized carbons (Fsp3) is 0.357. The van der Waals surface area contributed by atoms with Gasteiger partial charge in [0.1, 0.15) is 11.5 Å². The molecule has 0 fully saturated rings. The number of nitrogens with one attached hydrogen (secondary N) is 2. The Hall–Kier alpha value is -3.45. The maximum atomic E-state index is 13.4. The summed E-state index contributed by atoms with van der Waals surface area (Å²) in [4.78, 5) is 26.8. The van der Waals surface area contributed by atoms with Crippen molar-refractivity contribution < 1.29 is 18.7 Å². The molecule has 0 spiro atoms. The Morgan fingerprint density at radius 1 is 0.971 bits per heavy atom. The molecule has 4 rings (SSSR count). The standard InChI is InChI=1S/C28H32FN3O3/c1-4-23(19-9-7-6-8-10-19)30-27(33)22-17-25(32-15-16-35-18(3)26(22)32)28(34)31-24(5-2)20-11-13-21(29)14-12-20/h6-14,17-18,23-24H,4-5,15-16H2,1-3H3,(H,30,33)(H,31,34)/t18?,23-,24?/m1/s1. The predicted molar refractivity (Wildman–Crippen MR) is 133 cm³/mol. The third-order valence-electron chi connectivity index (χ3n) is 6.59. The zero-order valence-corrected chi connectivity index (χ0v) is 20.4. The number of carbonyl (C=O) groups excluding carboxylic acids is 2. The van der Waals surface area contributed by atoms with Crippen LogP contribution in [0.5, 0.6) is 0 Å². The van der Waals surface area contributed by atoms with Crippen LogP contribution < -0.4 is 10.6 Å². The summed E-state index contributed by atoms with van der Waals surface area (Å²) in [5.41, 5.74) is 3.44. The SMILES string of the molecule is CCC(NC(=O)c1cc(C(=O)N[C@H](CC)c2ccccc2)c2n1CCOC2C)c1ccc(F)cc1.